The van der Waals surface area contributed by atoms with Crippen LogP contribution in [0.1, 0.15) is 16.7 Å². The molecule has 0 saturated carbocycles. The third kappa shape index (κ3) is 2.63. The zero-order chi connectivity index (χ0) is 10.9. The molecule has 0 saturated heterocycles. The van der Waals surface area contributed by atoms with Crippen LogP contribution in [0.2, 0.25) is 0 Å². The van der Waals surface area contributed by atoms with Gasteiger partial charge in [-0.2, -0.15) is 0 Å². The molecule has 0 atom stereocenters. The van der Waals surface area contributed by atoms with Gasteiger partial charge in [0.15, 0.2) is 0 Å². The fourth-order valence-electron chi connectivity index (χ4n) is 1.16. The van der Waals surface area contributed by atoms with Gasteiger partial charge in [-0.15, -0.1) is 0 Å². The normalized spacial score (nSPS) is 11.5. The van der Waals surface area contributed by atoms with Gasteiger partial charge in [-0.3, -0.25) is 0 Å². The zero-order valence-electron chi connectivity index (χ0n) is 7.87. The number of nitrogens with one attached hydrogen (secondary N) is 1. The van der Waals surface area contributed by atoms with E-state index in [0.717, 1.165) is 11.1 Å². The van der Waals surface area contributed by atoms with Crippen LogP contribution in [-0.4, -0.2) is 9.50 Å². The molecule has 0 unspecified atom stereocenters. The first-order valence-electron chi connectivity index (χ1n) is 4.05. The predicted octanol–water partition coefficient (Wildman–Crippen LogP) is 4.04. The molecular weight excluding hydrogens is 240 g/mol. The van der Waals surface area contributed by atoms with Crippen LogP contribution in [0, 0.1) is 19.3 Å². The maximum atomic E-state index is 7.72. The van der Waals surface area contributed by atoms with Gasteiger partial charge in [0, 0.05) is 5.56 Å². The highest BCUT2D eigenvalue weighted by atomic mass is 35.6. The van der Waals surface area contributed by atoms with Crippen LogP contribution >= 0.6 is 34.8 Å². The van der Waals surface area contributed by atoms with Gasteiger partial charge in [-0.05, 0) is 25.5 Å². The summed E-state index contributed by atoms with van der Waals surface area (Å²) < 4.78 is -1.65. The molecule has 1 N–H and O–H groups in total. The fraction of sp³-hybridized carbons (Fsp3) is 0.300. The quantitative estimate of drug-likeness (QED) is 0.574. The third-order valence-corrected chi connectivity index (χ3v) is 2.51. The minimum Gasteiger partial charge on any atom is -0.300 e. The molecule has 0 aliphatic carbocycles. The van der Waals surface area contributed by atoms with Crippen molar-refractivity contribution in [2.24, 2.45) is 0 Å². The van der Waals surface area contributed by atoms with Crippen LogP contribution in [0.25, 0.3) is 0 Å². The molecular formula is C10H10Cl3N. The molecule has 0 spiro atoms. The second-order valence-electron chi connectivity index (χ2n) is 3.19. The summed E-state index contributed by atoms with van der Waals surface area (Å²) in [5, 5.41) is 7.72. The van der Waals surface area contributed by atoms with Crippen molar-refractivity contribution >= 4 is 40.5 Å². The Morgan fingerprint density at radius 2 is 1.79 bits per heavy atom. The van der Waals surface area contributed by atoms with E-state index >= 15 is 0 Å². The Morgan fingerprint density at radius 3 is 2.29 bits per heavy atom. The van der Waals surface area contributed by atoms with Crippen LogP contribution < -0.4 is 0 Å². The molecule has 4 heteroatoms. The smallest absolute Gasteiger partial charge is 0.232 e. The molecule has 1 nitrogen and oxygen atoms in total. The summed E-state index contributed by atoms with van der Waals surface area (Å²) in [5.41, 5.74) is 2.69. The maximum Gasteiger partial charge on any atom is 0.232 e. The van der Waals surface area contributed by atoms with E-state index in [0.29, 0.717) is 5.56 Å². The highest BCUT2D eigenvalue weighted by Crippen LogP contribution is 2.31. The first-order chi connectivity index (χ1) is 6.32. The lowest BCUT2D eigenvalue weighted by molar-refractivity contribution is 1.31. The third-order valence-electron chi connectivity index (χ3n) is 1.95. The van der Waals surface area contributed by atoms with E-state index < -0.39 is 3.79 Å². The summed E-state index contributed by atoms with van der Waals surface area (Å²) in [6, 6.07) is 5.72. The second-order valence-corrected chi connectivity index (χ2v) is 5.47. The molecule has 76 valence electrons. The molecule has 0 radical (unpaired) electrons. The van der Waals surface area contributed by atoms with Crippen LogP contribution in [0.4, 0.5) is 0 Å². The molecule has 0 amide bonds. The van der Waals surface area contributed by atoms with Crippen molar-refractivity contribution in [2.45, 2.75) is 17.6 Å². The number of hydrogen-bond donors (Lipinski definition) is 1. The molecule has 1 aromatic rings. The lowest BCUT2D eigenvalue weighted by Gasteiger charge is -2.15. The molecule has 0 aromatic heterocycles. The highest BCUT2D eigenvalue weighted by Gasteiger charge is 2.28. The first kappa shape index (κ1) is 11.8. The van der Waals surface area contributed by atoms with Crippen LogP contribution in [-0.2, 0) is 0 Å². The summed E-state index contributed by atoms with van der Waals surface area (Å²) in [5.74, 6) is 0. The average Bonchev–Trinajstić information content (AvgIpc) is 2.06. The van der Waals surface area contributed by atoms with E-state index in [9.17, 15) is 0 Å². The molecule has 1 aromatic carbocycles. The van der Waals surface area contributed by atoms with Crippen molar-refractivity contribution in [1.82, 2.24) is 0 Å². The van der Waals surface area contributed by atoms with Crippen LogP contribution in [0.3, 0.4) is 0 Å². The molecule has 14 heavy (non-hydrogen) atoms. The molecule has 0 aliphatic heterocycles. The zero-order valence-corrected chi connectivity index (χ0v) is 10.1. The van der Waals surface area contributed by atoms with Crippen molar-refractivity contribution in [3.63, 3.8) is 0 Å². The average molecular weight is 251 g/mol. The molecule has 0 heterocycles. The standard InChI is InChI=1S/C10H10Cl3N/c1-6-3-4-7(2)8(5-6)9(14)10(11,12)13/h3-5,14H,1-2H3. The van der Waals surface area contributed by atoms with Gasteiger partial charge < -0.3 is 5.41 Å². The highest BCUT2D eigenvalue weighted by molar-refractivity contribution is 6.77. The Labute approximate surface area is 98.5 Å². The van der Waals surface area contributed by atoms with Crippen molar-refractivity contribution in [3.8, 4) is 0 Å². The number of halogens is 3. The first-order valence-corrected chi connectivity index (χ1v) is 5.19. The minimum absolute atomic E-state index is 0.0173. The van der Waals surface area contributed by atoms with E-state index in [2.05, 4.69) is 0 Å². The Kier molecular flexibility index (Phi) is 3.46. The Bertz CT molecular complexity index is 366. The molecule has 0 aliphatic rings. The van der Waals surface area contributed by atoms with Crippen molar-refractivity contribution < 1.29 is 0 Å². The Balaban J connectivity index is 3.19. The SMILES string of the molecule is Cc1ccc(C)c(C(=N)C(Cl)(Cl)Cl)c1. The van der Waals surface area contributed by atoms with Crippen molar-refractivity contribution in [2.75, 3.05) is 0 Å². The summed E-state index contributed by atoms with van der Waals surface area (Å²) in [6.07, 6.45) is 0. The van der Waals surface area contributed by atoms with Gasteiger partial charge in [-0.25, -0.2) is 0 Å². The lowest BCUT2D eigenvalue weighted by Crippen LogP contribution is -2.20. The number of alkyl halides is 3. The van der Waals surface area contributed by atoms with Gasteiger partial charge in [0.25, 0.3) is 0 Å². The molecule has 0 bridgehead atoms. The summed E-state index contributed by atoms with van der Waals surface area (Å²) >= 11 is 16.9. The van der Waals surface area contributed by atoms with E-state index in [-0.39, 0.29) is 5.71 Å². The monoisotopic (exact) mass is 249 g/mol. The van der Waals surface area contributed by atoms with E-state index in [1.807, 2.05) is 32.0 Å². The van der Waals surface area contributed by atoms with E-state index in [4.69, 9.17) is 40.2 Å². The van der Waals surface area contributed by atoms with Gasteiger partial charge >= 0.3 is 0 Å². The summed E-state index contributed by atoms with van der Waals surface area (Å²) in [6.45, 7) is 3.83. The second kappa shape index (κ2) is 4.09. The van der Waals surface area contributed by atoms with Gasteiger partial charge in [0.05, 0.1) is 5.71 Å². The summed E-state index contributed by atoms with van der Waals surface area (Å²) in [7, 11) is 0. The van der Waals surface area contributed by atoms with E-state index in [1.165, 1.54) is 0 Å². The van der Waals surface area contributed by atoms with Gasteiger partial charge in [0.1, 0.15) is 0 Å². The largest absolute Gasteiger partial charge is 0.300 e. The number of rotatable bonds is 1. The van der Waals surface area contributed by atoms with Gasteiger partial charge in [0.2, 0.25) is 3.79 Å². The van der Waals surface area contributed by atoms with Gasteiger partial charge in [-0.1, -0.05) is 52.5 Å². The van der Waals surface area contributed by atoms with Crippen LogP contribution in [0.5, 0.6) is 0 Å². The minimum atomic E-state index is -1.65. The molecule has 0 fully saturated rings. The number of hydrogen-bond acceptors (Lipinski definition) is 1. The van der Waals surface area contributed by atoms with Crippen molar-refractivity contribution in [1.29, 1.82) is 5.41 Å². The predicted molar refractivity (Wildman–Crippen MR) is 63.0 cm³/mol. The number of aryl methyl sites for hydroxylation is 2. The number of benzene rings is 1. The van der Waals surface area contributed by atoms with Crippen molar-refractivity contribution in [3.05, 3.63) is 34.9 Å². The fourth-order valence-corrected chi connectivity index (χ4v) is 1.46. The maximum absolute atomic E-state index is 7.72. The summed E-state index contributed by atoms with van der Waals surface area (Å²) in [4.78, 5) is 0. The van der Waals surface area contributed by atoms with E-state index in [1.54, 1.807) is 0 Å². The molecule has 1 rings (SSSR count). The Morgan fingerprint density at radius 1 is 1.21 bits per heavy atom. The van der Waals surface area contributed by atoms with Crippen LogP contribution in [0.15, 0.2) is 18.2 Å². The topological polar surface area (TPSA) is 23.9 Å². The Hall–Kier alpha value is -0.240. The lowest BCUT2D eigenvalue weighted by atomic mass is 10.0.